The maximum Gasteiger partial charge on any atom is 0.305 e. The normalized spacial score (nSPS) is 12.6. The number of hydrogen-bond acceptors (Lipinski definition) is 5. The van der Waals surface area contributed by atoms with E-state index in [0.717, 1.165) is 38.5 Å². The van der Waals surface area contributed by atoms with Crippen LogP contribution in [0.5, 0.6) is 0 Å². The Labute approximate surface area is 570 Å². The molecule has 0 aliphatic heterocycles. The van der Waals surface area contributed by atoms with Gasteiger partial charge in [0.15, 0.2) is 0 Å². The van der Waals surface area contributed by atoms with E-state index in [1.54, 1.807) is 6.08 Å². The van der Waals surface area contributed by atoms with E-state index in [1.807, 2.05) is 6.08 Å². The van der Waals surface area contributed by atoms with Crippen LogP contribution in [0.1, 0.15) is 470 Å². The Morgan fingerprint density at radius 3 is 0.780 bits per heavy atom. The van der Waals surface area contributed by atoms with Gasteiger partial charge in [0.05, 0.1) is 25.4 Å². The third-order valence-electron chi connectivity index (χ3n) is 19.6. The lowest BCUT2D eigenvalue weighted by Gasteiger charge is -2.20. The van der Waals surface area contributed by atoms with Crippen molar-refractivity contribution in [2.45, 2.75) is 482 Å². The molecule has 0 saturated heterocycles. The van der Waals surface area contributed by atoms with Gasteiger partial charge in [0.2, 0.25) is 5.91 Å². The minimum Gasteiger partial charge on any atom is -0.466 e. The number of ether oxygens (including phenoxy) is 1. The highest BCUT2D eigenvalue weighted by Crippen LogP contribution is 2.20. The first-order chi connectivity index (χ1) is 45.0. The molecular weight excluding hydrogens is 1110 g/mol. The van der Waals surface area contributed by atoms with Crippen LogP contribution >= 0.6 is 0 Å². The lowest BCUT2D eigenvalue weighted by Crippen LogP contribution is -2.45. The van der Waals surface area contributed by atoms with E-state index in [1.165, 1.54) is 405 Å². The van der Waals surface area contributed by atoms with Gasteiger partial charge < -0.3 is 20.3 Å². The first-order valence-corrected chi connectivity index (χ1v) is 41.8. The molecule has 0 heterocycles. The number of hydrogen-bond donors (Lipinski definition) is 3. The van der Waals surface area contributed by atoms with Gasteiger partial charge in [-0.25, -0.2) is 0 Å². The summed E-state index contributed by atoms with van der Waals surface area (Å²) in [7, 11) is 0. The zero-order valence-corrected chi connectivity index (χ0v) is 61.9. The van der Waals surface area contributed by atoms with E-state index >= 15 is 0 Å². The topological polar surface area (TPSA) is 95.9 Å². The summed E-state index contributed by atoms with van der Waals surface area (Å²) in [5.41, 5.74) is 0. The third-order valence-corrected chi connectivity index (χ3v) is 19.6. The van der Waals surface area contributed by atoms with Crippen LogP contribution in [0.25, 0.3) is 0 Å². The number of allylic oxidation sites excluding steroid dienone is 5. The first-order valence-electron chi connectivity index (χ1n) is 41.8. The molecule has 0 aromatic rings. The molecule has 6 heteroatoms. The molecule has 538 valence electrons. The van der Waals surface area contributed by atoms with Gasteiger partial charge in [-0.3, -0.25) is 9.59 Å². The van der Waals surface area contributed by atoms with Crippen LogP contribution in [0, 0.1) is 0 Å². The maximum absolute atomic E-state index is 12.5. The fraction of sp³-hybridized carbons (Fsp3) is 0.906. The molecule has 0 spiro atoms. The molecule has 0 aromatic heterocycles. The molecule has 0 fully saturated rings. The molecule has 0 rings (SSSR count). The van der Waals surface area contributed by atoms with Gasteiger partial charge >= 0.3 is 5.97 Å². The quantitative estimate of drug-likeness (QED) is 0.0320. The largest absolute Gasteiger partial charge is 0.466 e. The molecule has 2 unspecified atom stereocenters. The van der Waals surface area contributed by atoms with Gasteiger partial charge in [-0.15, -0.1) is 0 Å². The second kappa shape index (κ2) is 80.5. The highest BCUT2D eigenvalue weighted by molar-refractivity contribution is 5.76. The van der Waals surface area contributed by atoms with Gasteiger partial charge in [0.25, 0.3) is 0 Å². The maximum atomic E-state index is 12.5. The van der Waals surface area contributed by atoms with Crippen LogP contribution in [0.2, 0.25) is 0 Å². The lowest BCUT2D eigenvalue weighted by atomic mass is 10.0. The zero-order valence-electron chi connectivity index (χ0n) is 61.9. The van der Waals surface area contributed by atoms with Crippen molar-refractivity contribution < 1.29 is 24.5 Å². The zero-order chi connectivity index (χ0) is 65.6. The van der Waals surface area contributed by atoms with Gasteiger partial charge in [0.1, 0.15) is 0 Å². The summed E-state index contributed by atoms with van der Waals surface area (Å²) in [6.07, 6.45) is 106. The van der Waals surface area contributed by atoms with Crippen molar-refractivity contribution in [3.8, 4) is 0 Å². The fourth-order valence-corrected chi connectivity index (χ4v) is 13.3. The first kappa shape index (κ1) is 89.1. The van der Waals surface area contributed by atoms with E-state index < -0.39 is 12.1 Å². The molecule has 0 aromatic carbocycles. The van der Waals surface area contributed by atoms with Crippen molar-refractivity contribution in [2.24, 2.45) is 0 Å². The van der Waals surface area contributed by atoms with E-state index in [2.05, 4.69) is 43.5 Å². The van der Waals surface area contributed by atoms with Crippen LogP contribution in [0.3, 0.4) is 0 Å². The number of aliphatic hydroxyl groups is 2. The molecule has 2 atom stereocenters. The molecule has 0 aliphatic rings. The number of rotatable bonds is 79. The van der Waals surface area contributed by atoms with E-state index in [4.69, 9.17) is 4.74 Å². The molecule has 0 radical (unpaired) electrons. The Hall–Kier alpha value is -1.92. The minimum atomic E-state index is -0.842. The number of aliphatic hydroxyl groups excluding tert-OH is 2. The molecular formula is C85H163NO5. The Bertz CT molecular complexity index is 1470. The summed E-state index contributed by atoms with van der Waals surface area (Å²) in [6, 6.07) is -0.625. The Morgan fingerprint density at radius 2 is 0.516 bits per heavy atom. The Morgan fingerprint density at radius 1 is 0.297 bits per heavy atom. The smallest absolute Gasteiger partial charge is 0.305 e. The molecule has 0 aliphatic carbocycles. The summed E-state index contributed by atoms with van der Waals surface area (Å²) in [6.45, 7) is 4.95. The molecule has 0 bridgehead atoms. The highest BCUT2D eigenvalue weighted by Gasteiger charge is 2.18. The van der Waals surface area contributed by atoms with Crippen molar-refractivity contribution in [1.29, 1.82) is 0 Å². The third kappa shape index (κ3) is 77.0. The van der Waals surface area contributed by atoms with Crippen LogP contribution < -0.4 is 5.32 Å². The Kier molecular flexibility index (Phi) is 78.8. The average molecular weight is 1280 g/mol. The second-order valence-corrected chi connectivity index (χ2v) is 28.8. The number of unbranched alkanes of at least 4 members (excludes halogenated alkanes) is 64. The lowest BCUT2D eigenvalue weighted by molar-refractivity contribution is -0.143. The molecule has 1 amide bonds. The highest BCUT2D eigenvalue weighted by atomic mass is 16.5. The summed E-state index contributed by atoms with van der Waals surface area (Å²) in [5, 5.41) is 23.2. The summed E-state index contributed by atoms with van der Waals surface area (Å²) >= 11 is 0. The second-order valence-electron chi connectivity index (χ2n) is 28.8. The molecule has 0 saturated carbocycles. The van der Waals surface area contributed by atoms with Crippen molar-refractivity contribution in [3.63, 3.8) is 0 Å². The predicted molar refractivity (Wildman–Crippen MR) is 403 cm³/mol. The van der Waals surface area contributed by atoms with Gasteiger partial charge in [-0.2, -0.15) is 0 Å². The Balaban J connectivity index is 3.32. The number of carbonyl (C=O) groups excluding carboxylic acids is 2. The monoisotopic (exact) mass is 1280 g/mol. The van der Waals surface area contributed by atoms with E-state index in [-0.39, 0.29) is 18.5 Å². The molecule has 91 heavy (non-hydrogen) atoms. The van der Waals surface area contributed by atoms with Gasteiger partial charge in [0, 0.05) is 12.8 Å². The van der Waals surface area contributed by atoms with Crippen LogP contribution in [0.15, 0.2) is 36.5 Å². The summed E-state index contributed by atoms with van der Waals surface area (Å²) in [4.78, 5) is 24.6. The van der Waals surface area contributed by atoms with Crippen LogP contribution in [-0.4, -0.2) is 47.4 Å². The van der Waals surface area contributed by atoms with Crippen LogP contribution in [0.4, 0.5) is 0 Å². The number of amides is 1. The van der Waals surface area contributed by atoms with Crippen LogP contribution in [-0.2, 0) is 14.3 Å². The standard InChI is InChI=1S/C85H163NO5/c1-3-5-7-9-11-13-15-17-19-21-43-47-51-55-59-63-67-71-75-79-85(90)91-80-76-72-68-64-60-56-52-48-45-42-40-38-36-34-32-30-28-26-24-22-23-25-27-29-31-33-35-37-39-41-44-46-50-54-58-62-66-70-74-78-84(89)86-82(81-87)83(88)77-73-69-65-61-57-53-49-20-18-16-14-12-10-8-6-4-2/h17,19,22-23,73,77,82-83,87-88H,3-16,18,20-21,24-72,74-76,78-81H2,1-2H3,(H,86,89)/b19-17-,23-22-,77-73+. The van der Waals surface area contributed by atoms with Crippen molar-refractivity contribution in [2.75, 3.05) is 13.2 Å². The number of nitrogens with one attached hydrogen (secondary N) is 1. The van der Waals surface area contributed by atoms with Crippen molar-refractivity contribution >= 4 is 11.9 Å². The van der Waals surface area contributed by atoms with E-state index in [0.29, 0.717) is 19.4 Å². The van der Waals surface area contributed by atoms with Gasteiger partial charge in [-0.05, 0) is 83.5 Å². The minimum absolute atomic E-state index is 0.0227. The predicted octanol–water partition coefficient (Wildman–Crippen LogP) is 27.8. The number of carbonyl (C=O) groups is 2. The number of esters is 1. The fourth-order valence-electron chi connectivity index (χ4n) is 13.3. The van der Waals surface area contributed by atoms with Crippen molar-refractivity contribution in [3.05, 3.63) is 36.5 Å². The average Bonchev–Trinajstić information content (AvgIpc) is 3.67. The SMILES string of the molecule is CCCCCCCC/C=C\CCCCCCCCCCCC(=O)OCCCCCCCCCCCCCCCCCCCC/C=C\CCCCCCCCCCCCCCCCCCCC(=O)NC(CO)C(O)/C=C/CCCCCCCCCCCCCCCC. The molecule has 6 nitrogen and oxygen atoms in total. The summed E-state index contributed by atoms with van der Waals surface area (Å²) < 4.78 is 5.52. The molecule has 3 N–H and O–H groups in total. The van der Waals surface area contributed by atoms with Crippen molar-refractivity contribution in [1.82, 2.24) is 5.32 Å². The van der Waals surface area contributed by atoms with Gasteiger partial charge in [-0.1, -0.05) is 410 Å². The summed E-state index contributed by atoms with van der Waals surface area (Å²) in [5.74, 6) is -0.0376. The van der Waals surface area contributed by atoms with E-state index in [9.17, 15) is 19.8 Å².